The number of hydrogen-bond acceptors (Lipinski definition) is 6. The van der Waals surface area contributed by atoms with E-state index in [-0.39, 0.29) is 11.2 Å². The van der Waals surface area contributed by atoms with Crippen LogP contribution in [0.5, 0.6) is 11.5 Å². The van der Waals surface area contributed by atoms with Crippen molar-refractivity contribution in [2.45, 2.75) is 40.0 Å². The summed E-state index contributed by atoms with van der Waals surface area (Å²) in [5.41, 5.74) is 3.61. The molecule has 0 fully saturated rings. The third kappa shape index (κ3) is 4.63. The number of aromatic nitrogens is 1. The lowest BCUT2D eigenvalue weighted by atomic mass is 9.70. The van der Waals surface area contributed by atoms with Crippen molar-refractivity contribution in [3.63, 3.8) is 0 Å². The summed E-state index contributed by atoms with van der Waals surface area (Å²) in [5, 5.41) is 0.757. The number of aryl methyl sites for hydroxylation is 1. The van der Waals surface area contributed by atoms with Crippen LogP contribution in [0.2, 0.25) is 0 Å². The molecule has 6 nitrogen and oxygen atoms in total. The minimum atomic E-state index is -0.500. The van der Waals surface area contributed by atoms with Crippen LogP contribution in [0.25, 0.3) is 10.9 Å². The largest absolute Gasteiger partial charge is 0.497 e. The van der Waals surface area contributed by atoms with E-state index in [1.807, 2.05) is 24.3 Å². The van der Waals surface area contributed by atoms with Gasteiger partial charge < -0.3 is 14.2 Å². The van der Waals surface area contributed by atoms with Gasteiger partial charge in [0.1, 0.15) is 11.5 Å². The van der Waals surface area contributed by atoms with E-state index in [2.05, 4.69) is 20.8 Å². The summed E-state index contributed by atoms with van der Waals surface area (Å²) >= 11 is 0. The number of benzene rings is 2. The topological polar surface area (TPSA) is 74.7 Å². The number of para-hydroxylation sites is 1. The summed E-state index contributed by atoms with van der Waals surface area (Å²) < 4.78 is 16.1. The maximum atomic E-state index is 13.4. The van der Waals surface area contributed by atoms with Crippen LogP contribution in [0.4, 0.5) is 0 Å². The van der Waals surface area contributed by atoms with Gasteiger partial charge in [-0.25, -0.2) is 4.79 Å². The molecule has 0 saturated carbocycles. The Bertz CT molecular complexity index is 1240. The standard InChI is InChI=1S/C28H31NO5/c1-28(2,3)17-10-12-23-20(14-17)26(19-8-6-7-9-22(19)29-23)27(31)34-16-24(30)21-15-18(32-4)11-13-25(21)33-5/h6-9,11,13,15,17H,10,12,14,16H2,1-5H3. The zero-order chi connectivity index (χ0) is 24.5. The van der Waals surface area contributed by atoms with Crippen LogP contribution >= 0.6 is 0 Å². The van der Waals surface area contributed by atoms with Gasteiger partial charge in [-0.2, -0.15) is 0 Å². The number of hydrogen-bond donors (Lipinski definition) is 0. The number of ether oxygens (including phenoxy) is 3. The van der Waals surface area contributed by atoms with Gasteiger partial charge in [0.25, 0.3) is 0 Å². The summed E-state index contributed by atoms with van der Waals surface area (Å²) in [6.45, 7) is 6.30. The van der Waals surface area contributed by atoms with Crippen molar-refractivity contribution in [3.05, 3.63) is 64.8 Å². The Kier molecular flexibility index (Phi) is 6.60. The number of pyridine rings is 1. The number of carbonyl (C=O) groups excluding carboxylic acids is 2. The molecule has 3 aromatic rings. The van der Waals surface area contributed by atoms with Crippen LogP contribution in [0.1, 0.15) is 59.2 Å². The monoisotopic (exact) mass is 461 g/mol. The maximum Gasteiger partial charge on any atom is 0.339 e. The molecule has 0 aliphatic heterocycles. The lowest BCUT2D eigenvalue weighted by molar-refractivity contribution is 0.0473. The fraction of sp³-hybridized carbons (Fsp3) is 0.393. The molecule has 4 rings (SSSR count). The van der Waals surface area contributed by atoms with E-state index >= 15 is 0 Å². The van der Waals surface area contributed by atoms with Crippen LogP contribution in [-0.4, -0.2) is 37.6 Å². The van der Waals surface area contributed by atoms with Crippen molar-refractivity contribution < 1.29 is 23.8 Å². The molecular formula is C28H31NO5. The van der Waals surface area contributed by atoms with Crippen LogP contribution in [0, 0.1) is 11.3 Å². The summed E-state index contributed by atoms with van der Waals surface area (Å²) in [6.07, 6.45) is 2.62. The average molecular weight is 462 g/mol. The third-order valence-corrected chi connectivity index (χ3v) is 6.73. The Morgan fingerprint density at radius 1 is 1.06 bits per heavy atom. The summed E-state index contributed by atoms with van der Waals surface area (Å²) in [6, 6.07) is 12.6. The average Bonchev–Trinajstić information content (AvgIpc) is 2.84. The van der Waals surface area contributed by atoms with Gasteiger partial charge in [0.15, 0.2) is 6.61 Å². The maximum absolute atomic E-state index is 13.4. The molecular weight excluding hydrogens is 430 g/mol. The van der Waals surface area contributed by atoms with Crippen molar-refractivity contribution in [2.24, 2.45) is 11.3 Å². The first-order chi connectivity index (χ1) is 16.2. The Balaban J connectivity index is 1.66. The van der Waals surface area contributed by atoms with Gasteiger partial charge in [0.2, 0.25) is 5.78 Å². The number of nitrogens with zero attached hydrogens (tertiary/aromatic N) is 1. The predicted octanol–water partition coefficient (Wildman–Crippen LogP) is 5.44. The molecule has 1 aliphatic rings. The third-order valence-electron chi connectivity index (χ3n) is 6.73. The van der Waals surface area contributed by atoms with Gasteiger partial charge in [-0.1, -0.05) is 39.0 Å². The summed E-state index contributed by atoms with van der Waals surface area (Å²) in [7, 11) is 3.02. The van der Waals surface area contributed by atoms with Crippen molar-refractivity contribution in [3.8, 4) is 11.5 Å². The van der Waals surface area contributed by atoms with E-state index in [9.17, 15) is 9.59 Å². The molecule has 0 bridgehead atoms. The van der Waals surface area contributed by atoms with Crippen LogP contribution < -0.4 is 9.47 Å². The SMILES string of the molecule is COc1ccc(OC)c(C(=O)COC(=O)c2c3c(nc4ccccc24)CCC(C(C)(C)C)C3)c1. The summed E-state index contributed by atoms with van der Waals surface area (Å²) in [4.78, 5) is 31.2. The quantitative estimate of drug-likeness (QED) is 0.359. The van der Waals surface area contributed by atoms with Crippen molar-refractivity contribution in [2.75, 3.05) is 20.8 Å². The van der Waals surface area contributed by atoms with E-state index in [1.54, 1.807) is 18.2 Å². The summed E-state index contributed by atoms with van der Waals surface area (Å²) in [5.74, 6) is 0.500. The molecule has 0 saturated heterocycles. The van der Waals surface area contributed by atoms with Crippen molar-refractivity contribution in [1.29, 1.82) is 0 Å². The number of ketones is 1. The molecule has 0 spiro atoms. The number of carbonyl (C=O) groups is 2. The highest BCUT2D eigenvalue weighted by Crippen LogP contribution is 2.39. The van der Waals surface area contributed by atoms with Gasteiger partial charge in [-0.15, -0.1) is 0 Å². The lowest BCUT2D eigenvalue weighted by Crippen LogP contribution is -2.29. The van der Waals surface area contributed by atoms with Gasteiger partial charge in [0, 0.05) is 11.1 Å². The number of rotatable bonds is 6. The van der Waals surface area contributed by atoms with E-state index in [4.69, 9.17) is 19.2 Å². The van der Waals surface area contributed by atoms with Gasteiger partial charge in [0.05, 0.1) is 30.9 Å². The molecule has 0 amide bonds. The van der Waals surface area contributed by atoms with E-state index in [0.717, 1.165) is 41.4 Å². The molecule has 6 heteroatoms. The molecule has 178 valence electrons. The van der Waals surface area contributed by atoms with E-state index in [0.29, 0.717) is 28.5 Å². The van der Waals surface area contributed by atoms with Gasteiger partial charge >= 0.3 is 5.97 Å². The van der Waals surface area contributed by atoms with E-state index in [1.165, 1.54) is 14.2 Å². The van der Waals surface area contributed by atoms with Gasteiger partial charge in [-0.3, -0.25) is 9.78 Å². The Morgan fingerprint density at radius 2 is 1.82 bits per heavy atom. The van der Waals surface area contributed by atoms with E-state index < -0.39 is 12.6 Å². The zero-order valence-corrected chi connectivity index (χ0v) is 20.4. The first kappa shape index (κ1) is 23.7. The molecule has 2 aromatic carbocycles. The number of fused-ring (bicyclic) bond motifs is 2. The minimum Gasteiger partial charge on any atom is -0.497 e. The molecule has 1 unspecified atom stereocenters. The fourth-order valence-electron chi connectivity index (χ4n) is 4.67. The Morgan fingerprint density at radius 3 is 2.53 bits per heavy atom. The highest BCUT2D eigenvalue weighted by molar-refractivity contribution is 6.07. The second-order valence-electron chi connectivity index (χ2n) is 9.80. The predicted molar refractivity (Wildman–Crippen MR) is 131 cm³/mol. The van der Waals surface area contributed by atoms with Crippen molar-refractivity contribution in [1.82, 2.24) is 4.98 Å². The first-order valence-corrected chi connectivity index (χ1v) is 11.6. The highest BCUT2D eigenvalue weighted by Gasteiger charge is 2.33. The molecule has 1 atom stereocenters. The molecule has 0 N–H and O–H groups in total. The number of Topliss-reactive ketones (excluding diaryl/α,β-unsaturated/α-hetero) is 1. The molecule has 34 heavy (non-hydrogen) atoms. The molecule has 0 radical (unpaired) electrons. The lowest BCUT2D eigenvalue weighted by Gasteiger charge is -2.35. The van der Waals surface area contributed by atoms with Gasteiger partial charge in [-0.05, 0) is 60.4 Å². The Hall–Kier alpha value is -3.41. The number of methoxy groups -OCH3 is 2. The van der Waals surface area contributed by atoms with Crippen LogP contribution in [-0.2, 0) is 17.6 Å². The number of esters is 1. The molecule has 1 aromatic heterocycles. The first-order valence-electron chi connectivity index (χ1n) is 11.6. The highest BCUT2D eigenvalue weighted by atomic mass is 16.5. The van der Waals surface area contributed by atoms with Crippen LogP contribution in [0.15, 0.2) is 42.5 Å². The second kappa shape index (κ2) is 9.45. The molecule has 1 heterocycles. The van der Waals surface area contributed by atoms with Crippen molar-refractivity contribution >= 4 is 22.7 Å². The van der Waals surface area contributed by atoms with Crippen LogP contribution in [0.3, 0.4) is 0 Å². The second-order valence-corrected chi connectivity index (χ2v) is 9.80. The Labute approximate surface area is 200 Å². The smallest absolute Gasteiger partial charge is 0.339 e. The fourth-order valence-corrected chi connectivity index (χ4v) is 4.67. The minimum absolute atomic E-state index is 0.114. The molecule has 1 aliphatic carbocycles. The normalized spacial score (nSPS) is 15.5. The zero-order valence-electron chi connectivity index (χ0n) is 20.4.